The summed E-state index contributed by atoms with van der Waals surface area (Å²) < 4.78 is 256. The van der Waals surface area contributed by atoms with Crippen molar-refractivity contribution in [1.82, 2.24) is 0 Å². The first-order valence-electron chi connectivity index (χ1n) is 12.4. The van der Waals surface area contributed by atoms with Crippen LogP contribution in [-0.2, 0) is 5.41 Å². The molecule has 2 aromatic rings. The predicted octanol–water partition coefficient (Wildman–Crippen LogP) is 10.2. The minimum absolute atomic E-state index is 0.0969. The van der Waals surface area contributed by atoms with Gasteiger partial charge in [0.15, 0.2) is 0 Å². The monoisotopic (exact) mass is 712 g/mol. The van der Waals surface area contributed by atoms with Crippen molar-refractivity contribution in [2.45, 2.75) is 66.6 Å². The molecule has 260 valence electrons. The van der Waals surface area contributed by atoms with E-state index in [4.69, 9.17) is 0 Å². The molecule has 0 bridgehead atoms. The SMILES string of the molecule is CC(C)(c1ccc(OC2=C(F)C(F)(F)C(F)(F)C(F)(F)C2(F)F)cc1)c1ccc(OC2=C(F)C(F)(F)C(F)(F)C(F)(F)C2(F)F)cc1. The third-order valence-corrected chi connectivity index (χ3v) is 7.48. The van der Waals surface area contributed by atoms with E-state index >= 15 is 0 Å². The molecule has 0 radical (unpaired) electrons. The van der Waals surface area contributed by atoms with Gasteiger partial charge < -0.3 is 9.47 Å². The van der Waals surface area contributed by atoms with E-state index in [2.05, 4.69) is 9.47 Å². The molecule has 0 fully saturated rings. The number of rotatable bonds is 6. The first-order valence-corrected chi connectivity index (χ1v) is 12.4. The quantitative estimate of drug-likeness (QED) is 0.278. The topological polar surface area (TPSA) is 18.5 Å². The molecule has 0 heterocycles. The second kappa shape index (κ2) is 10.1. The summed E-state index contributed by atoms with van der Waals surface area (Å²) in [7, 11) is 0. The molecule has 0 saturated heterocycles. The molecule has 0 saturated carbocycles. The zero-order valence-electron chi connectivity index (χ0n) is 22.7. The molecule has 4 rings (SSSR count). The van der Waals surface area contributed by atoms with E-state index in [9.17, 15) is 79.0 Å². The van der Waals surface area contributed by atoms with E-state index in [1.165, 1.54) is 13.8 Å². The van der Waals surface area contributed by atoms with Crippen LogP contribution in [0.15, 0.2) is 71.7 Å². The summed E-state index contributed by atoms with van der Waals surface area (Å²) in [4.78, 5) is 0. The van der Waals surface area contributed by atoms with E-state index in [-0.39, 0.29) is 11.1 Å². The number of hydrogen-bond donors (Lipinski definition) is 0. The van der Waals surface area contributed by atoms with Gasteiger partial charge in [0.2, 0.25) is 23.2 Å². The van der Waals surface area contributed by atoms with Crippen LogP contribution >= 0.6 is 0 Å². The molecule has 2 aliphatic rings. The Balaban J connectivity index is 1.61. The van der Waals surface area contributed by atoms with Crippen molar-refractivity contribution in [2.24, 2.45) is 0 Å². The van der Waals surface area contributed by atoms with Gasteiger partial charge in [-0.1, -0.05) is 38.1 Å². The van der Waals surface area contributed by atoms with E-state index < -0.39 is 87.5 Å². The van der Waals surface area contributed by atoms with Gasteiger partial charge in [-0.2, -0.15) is 70.2 Å². The zero-order chi connectivity index (χ0) is 36.2. The van der Waals surface area contributed by atoms with Crippen molar-refractivity contribution in [3.63, 3.8) is 0 Å². The highest BCUT2D eigenvalue weighted by Crippen LogP contribution is 2.63. The number of halogens is 18. The van der Waals surface area contributed by atoms with Crippen LogP contribution < -0.4 is 9.47 Å². The second-order valence-corrected chi connectivity index (χ2v) is 10.8. The van der Waals surface area contributed by atoms with Crippen LogP contribution in [0.4, 0.5) is 79.0 Å². The standard InChI is InChI=1S/C27H14F18O2/c1-19(2,11-3-7-13(8-4-11)46-17-15(28)20(30,31)24(38,39)26(42,43)22(17,34)35)12-5-9-14(10-6-12)47-18-16(29)21(32,33)25(40,41)27(44,45)23(18,36)37/h3-10H,1-2H3. The summed E-state index contributed by atoms with van der Waals surface area (Å²) in [5, 5.41) is 0. The van der Waals surface area contributed by atoms with Gasteiger partial charge in [0.25, 0.3) is 0 Å². The Bertz CT molecular complexity index is 1500. The Morgan fingerprint density at radius 2 is 0.638 bits per heavy atom. The van der Waals surface area contributed by atoms with Crippen LogP contribution in [0.25, 0.3) is 0 Å². The average molecular weight is 712 g/mol. The fourth-order valence-corrected chi connectivity index (χ4v) is 4.41. The number of alkyl halides is 16. The van der Waals surface area contributed by atoms with Gasteiger partial charge in [-0.3, -0.25) is 0 Å². The molecule has 0 N–H and O–H groups in total. The van der Waals surface area contributed by atoms with Crippen LogP contribution in [0, 0.1) is 0 Å². The smallest absolute Gasteiger partial charge is 0.386 e. The van der Waals surface area contributed by atoms with Crippen LogP contribution in [0.2, 0.25) is 0 Å². The number of allylic oxidation sites excluding steroid dienone is 4. The lowest BCUT2D eigenvalue weighted by Crippen LogP contribution is -2.67. The van der Waals surface area contributed by atoms with E-state index in [0.29, 0.717) is 24.3 Å². The average Bonchev–Trinajstić information content (AvgIpc) is 2.96. The molecular weight excluding hydrogens is 698 g/mol. The highest BCUT2D eigenvalue weighted by molar-refractivity contribution is 5.44. The van der Waals surface area contributed by atoms with Gasteiger partial charge in [0, 0.05) is 5.41 Å². The Kier molecular flexibility index (Phi) is 7.78. The molecule has 2 aromatic carbocycles. The van der Waals surface area contributed by atoms with Crippen LogP contribution in [0.3, 0.4) is 0 Å². The predicted molar refractivity (Wildman–Crippen MR) is 122 cm³/mol. The Hall–Kier alpha value is -3.74. The van der Waals surface area contributed by atoms with E-state index in [1.807, 2.05) is 0 Å². The van der Waals surface area contributed by atoms with Crippen LogP contribution in [0.1, 0.15) is 25.0 Å². The Morgan fingerprint density at radius 1 is 0.404 bits per heavy atom. The van der Waals surface area contributed by atoms with Crippen LogP contribution in [0.5, 0.6) is 11.5 Å². The third kappa shape index (κ3) is 4.58. The van der Waals surface area contributed by atoms with Gasteiger partial charge in [-0.05, 0) is 35.4 Å². The molecule has 0 amide bonds. The summed E-state index contributed by atoms with van der Waals surface area (Å²) in [6.45, 7) is 2.75. The molecular formula is C27H14F18O2. The van der Waals surface area contributed by atoms with Gasteiger partial charge in [-0.15, -0.1) is 0 Å². The maximum absolute atomic E-state index is 14.1. The minimum atomic E-state index is -6.85. The highest BCUT2D eigenvalue weighted by Gasteiger charge is 2.89. The maximum Gasteiger partial charge on any atom is 0.386 e. The summed E-state index contributed by atoms with van der Waals surface area (Å²) in [6, 6.07) is 6.40. The zero-order valence-corrected chi connectivity index (χ0v) is 22.7. The molecule has 0 aromatic heterocycles. The van der Waals surface area contributed by atoms with Crippen molar-refractivity contribution in [3.8, 4) is 11.5 Å². The fraction of sp³-hybridized carbons (Fsp3) is 0.407. The van der Waals surface area contributed by atoms with E-state index in [0.717, 1.165) is 24.3 Å². The molecule has 0 aliphatic heterocycles. The first kappa shape index (κ1) is 36.1. The number of ether oxygens (including phenoxy) is 2. The summed E-state index contributed by atoms with van der Waals surface area (Å²) in [5.74, 6) is -68.1. The van der Waals surface area contributed by atoms with Gasteiger partial charge in [0.05, 0.1) is 0 Å². The Labute approximate surface area is 250 Å². The molecule has 0 unspecified atom stereocenters. The molecule has 2 aliphatic carbocycles. The van der Waals surface area contributed by atoms with Crippen LogP contribution in [-0.4, -0.2) is 47.4 Å². The summed E-state index contributed by atoms with van der Waals surface area (Å²) in [6.07, 6.45) is 0. The molecule has 0 atom stereocenters. The largest absolute Gasteiger partial charge is 0.452 e. The van der Waals surface area contributed by atoms with Crippen molar-refractivity contribution in [1.29, 1.82) is 0 Å². The third-order valence-electron chi connectivity index (χ3n) is 7.48. The molecule has 47 heavy (non-hydrogen) atoms. The summed E-state index contributed by atoms with van der Waals surface area (Å²) in [5.41, 5.74) is -1.11. The minimum Gasteiger partial charge on any atom is -0.452 e. The molecule has 2 nitrogen and oxygen atoms in total. The van der Waals surface area contributed by atoms with Crippen molar-refractivity contribution in [3.05, 3.63) is 82.8 Å². The van der Waals surface area contributed by atoms with Gasteiger partial charge in [0.1, 0.15) is 11.5 Å². The number of hydrogen-bond acceptors (Lipinski definition) is 2. The van der Waals surface area contributed by atoms with Crippen molar-refractivity contribution < 1.29 is 88.5 Å². The normalized spacial score (nSPS) is 24.9. The van der Waals surface area contributed by atoms with Crippen molar-refractivity contribution >= 4 is 0 Å². The van der Waals surface area contributed by atoms with Gasteiger partial charge >= 0.3 is 47.4 Å². The maximum atomic E-state index is 14.1. The molecule has 20 heteroatoms. The lowest BCUT2D eigenvalue weighted by atomic mass is 9.78. The lowest BCUT2D eigenvalue weighted by Gasteiger charge is -2.41. The second-order valence-electron chi connectivity index (χ2n) is 10.8. The first-order chi connectivity index (χ1) is 21.0. The number of benzene rings is 2. The fourth-order valence-electron chi connectivity index (χ4n) is 4.41. The van der Waals surface area contributed by atoms with Crippen molar-refractivity contribution in [2.75, 3.05) is 0 Å². The lowest BCUT2D eigenvalue weighted by molar-refractivity contribution is -0.368. The molecule has 0 spiro atoms. The van der Waals surface area contributed by atoms with E-state index in [1.54, 1.807) is 0 Å². The Morgan fingerprint density at radius 3 is 0.894 bits per heavy atom. The highest BCUT2D eigenvalue weighted by atomic mass is 19.4. The summed E-state index contributed by atoms with van der Waals surface area (Å²) >= 11 is 0. The van der Waals surface area contributed by atoms with Gasteiger partial charge in [-0.25, -0.2) is 8.78 Å².